The van der Waals surface area contributed by atoms with Crippen molar-refractivity contribution in [3.63, 3.8) is 0 Å². The first-order valence-corrected chi connectivity index (χ1v) is 6.81. The quantitative estimate of drug-likeness (QED) is 0.787. The molecule has 0 fully saturated rings. The van der Waals surface area contributed by atoms with E-state index in [0.717, 1.165) is 18.2 Å². The van der Waals surface area contributed by atoms with Crippen LogP contribution < -0.4 is 10.1 Å². The van der Waals surface area contributed by atoms with Crippen LogP contribution in [0.3, 0.4) is 0 Å². The number of benzene rings is 1. The lowest BCUT2D eigenvalue weighted by Gasteiger charge is -2.30. The third-order valence-electron chi connectivity index (χ3n) is 2.74. The maximum Gasteiger partial charge on any atom is 0.329 e. The number of ether oxygens (including phenoxy) is 2. The van der Waals surface area contributed by atoms with E-state index in [4.69, 9.17) is 9.47 Å². The number of esters is 1. The van der Waals surface area contributed by atoms with E-state index >= 15 is 0 Å². The number of hydrogen-bond donors (Lipinski definition) is 1. The SMILES string of the molecule is CCOC(=O)C(C)(COc1cc(F)ccc1F)NC(C)C. The summed E-state index contributed by atoms with van der Waals surface area (Å²) in [5, 5.41) is 3.03. The van der Waals surface area contributed by atoms with Crippen molar-refractivity contribution >= 4 is 5.97 Å². The van der Waals surface area contributed by atoms with Gasteiger partial charge in [-0.05, 0) is 39.8 Å². The highest BCUT2D eigenvalue weighted by molar-refractivity contribution is 5.80. The van der Waals surface area contributed by atoms with Crippen LogP contribution >= 0.6 is 0 Å². The van der Waals surface area contributed by atoms with Crippen LogP contribution in [0.2, 0.25) is 0 Å². The first-order chi connectivity index (χ1) is 9.78. The number of carbonyl (C=O) groups excluding carboxylic acids is 1. The van der Waals surface area contributed by atoms with E-state index < -0.39 is 23.1 Å². The van der Waals surface area contributed by atoms with E-state index in [2.05, 4.69) is 5.32 Å². The van der Waals surface area contributed by atoms with Crippen LogP contribution in [0.4, 0.5) is 8.78 Å². The van der Waals surface area contributed by atoms with Crippen molar-refractivity contribution in [1.82, 2.24) is 5.32 Å². The molecule has 4 nitrogen and oxygen atoms in total. The van der Waals surface area contributed by atoms with Crippen LogP contribution in [0.5, 0.6) is 5.75 Å². The maximum atomic E-state index is 13.5. The lowest BCUT2D eigenvalue weighted by atomic mass is 10.0. The van der Waals surface area contributed by atoms with Crippen molar-refractivity contribution in [1.29, 1.82) is 0 Å². The lowest BCUT2D eigenvalue weighted by Crippen LogP contribution is -2.57. The summed E-state index contributed by atoms with van der Waals surface area (Å²) in [5.41, 5.74) is -1.15. The van der Waals surface area contributed by atoms with Crippen LogP contribution in [0.15, 0.2) is 18.2 Å². The molecular weight excluding hydrogens is 280 g/mol. The van der Waals surface area contributed by atoms with Gasteiger partial charge in [-0.25, -0.2) is 13.6 Å². The Hall–Kier alpha value is -1.69. The highest BCUT2D eigenvalue weighted by atomic mass is 19.1. The van der Waals surface area contributed by atoms with Crippen molar-refractivity contribution in [3.8, 4) is 5.75 Å². The monoisotopic (exact) mass is 301 g/mol. The van der Waals surface area contributed by atoms with Crippen molar-refractivity contribution < 1.29 is 23.0 Å². The molecule has 1 N–H and O–H groups in total. The van der Waals surface area contributed by atoms with E-state index in [1.807, 2.05) is 13.8 Å². The molecule has 0 heterocycles. The lowest BCUT2D eigenvalue weighted by molar-refractivity contribution is -0.152. The highest BCUT2D eigenvalue weighted by Crippen LogP contribution is 2.20. The van der Waals surface area contributed by atoms with Gasteiger partial charge in [0.05, 0.1) is 6.61 Å². The Bertz CT molecular complexity index is 494. The first-order valence-electron chi connectivity index (χ1n) is 6.81. The van der Waals surface area contributed by atoms with E-state index in [9.17, 15) is 13.6 Å². The van der Waals surface area contributed by atoms with Gasteiger partial charge in [0.15, 0.2) is 11.6 Å². The van der Waals surface area contributed by atoms with Gasteiger partial charge < -0.3 is 9.47 Å². The van der Waals surface area contributed by atoms with Crippen LogP contribution in [0, 0.1) is 11.6 Å². The molecule has 0 spiro atoms. The molecule has 21 heavy (non-hydrogen) atoms. The van der Waals surface area contributed by atoms with Crippen molar-refractivity contribution in [2.45, 2.75) is 39.3 Å². The van der Waals surface area contributed by atoms with Gasteiger partial charge in [0.1, 0.15) is 18.0 Å². The molecule has 0 aliphatic carbocycles. The van der Waals surface area contributed by atoms with E-state index in [1.54, 1.807) is 13.8 Å². The summed E-state index contributed by atoms with van der Waals surface area (Å²) >= 11 is 0. The number of carbonyl (C=O) groups is 1. The van der Waals surface area contributed by atoms with Gasteiger partial charge in [-0.2, -0.15) is 0 Å². The average molecular weight is 301 g/mol. The standard InChI is InChI=1S/C15H21F2NO3/c1-5-20-14(19)15(4,18-10(2)3)9-21-13-8-11(16)6-7-12(13)17/h6-8,10,18H,5,9H2,1-4H3. The normalized spacial score (nSPS) is 13.9. The van der Waals surface area contributed by atoms with Gasteiger partial charge >= 0.3 is 5.97 Å². The molecule has 1 aromatic rings. The summed E-state index contributed by atoms with van der Waals surface area (Å²) in [6.07, 6.45) is 0. The summed E-state index contributed by atoms with van der Waals surface area (Å²) in [7, 11) is 0. The minimum Gasteiger partial charge on any atom is -0.488 e. The Balaban J connectivity index is 2.86. The Morgan fingerprint density at radius 2 is 2.05 bits per heavy atom. The van der Waals surface area contributed by atoms with E-state index in [0.29, 0.717) is 0 Å². The second-order valence-corrected chi connectivity index (χ2v) is 5.22. The zero-order valence-corrected chi connectivity index (χ0v) is 12.7. The second kappa shape index (κ2) is 7.36. The molecule has 0 saturated carbocycles. The van der Waals surface area contributed by atoms with Gasteiger partial charge in [0.25, 0.3) is 0 Å². The molecule has 6 heteroatoms. The molecule has 0 saturated heterocycles. The van der Waals surface area contributed by atoms with Crippen molar-refractivity contribution in [2.24, 2.45) is 0 Å². The first kappa shape index (κ1) is 17.4. The van der Waals surface area contributed by atoms with Crippen LogP contribution in [-0.2, 0) is 9.53 Å². The minimum absolute atomic E-state index is 0.0136. The predicted molar refractivity (Wildman–Crippen MR) is 75.2 cm³/mol. The fourth-order valence-electron chi connectivity index (χ4n) is 1.90. The second-order valence-electron chi connectivity index (χ2n) is 5.22. The molecule has 0 aliphatic rings. The molecule has 0 amide bonds. The van der Waals surface area contributed by atoms with E-state index in [-0.39, 0.29) is 25.0 Å². The third-order valence-corrected chi connectivity index (χ3v) is 2.74. The molecule has 0 aromatic heterocycles. The summed E-state index contributed by atoms with van der Waals surface area (Å²) < 4.78 is 36.9. The molecule has 1 aromatic carbocycles. The molecular formula is C15H21F2NO3. The highest BCUT2D eigenvalue weighted by Gasteiger charge is 2.36. The number of hydrogen-bond acceptors (Lipinski definition) is 4. The molecule has 118 valence electrons. The minimum atomic E-state index is -1.15. The van der Waals surface area contributed by atoms with Crippen LogP contribution in [0.1, 0.15) is 27.7 Å². The Morgan fingerprint density at radius 1 is 1.38 bits per heavy atom. The van der Waals surface area contributed by atoms with Crippen molar-refractivity contribution in [2.75, 3.05) is 13.2 Å². The molecule has 1 atom stereocenters. The molecule has 0 bridgehead atoms. The summed E-state index contributed by atoms with van der Waals surface area (Å²) in [6.45, 7) is 7.07. The van der Waals surface area contributed by atoms with Crippen LogP contribution in [-0.4, -0.2) is 30.8 Å². The number of nitrogens with one attached hydrogen (secondary N) is 1. The molecule has 0 radical (unpaired) electrons. The zero-order chi connectivity index (χ0) is 16.0. The zero-order valence-electron chi connectivity index (χ0n) is 12.7. The fourth-order valence-corrected chi connectivity index (χ4v) is 1.90. The van der Waals surface area contributed by atoms with Gasteiger partial charge in [0, 0.05) is 12.1 Å². The largest absolute Gasteiger partial charge is 0.488 e. The maximum absolute atomic E-state index is 13.5. The summed E-state index contributed by atoms with van der Waals surface area (Å²) in [4.78, 5) is 12.0. The van der Waals surface area contributed by atoms with E-state index in [1.165, 1.54) is 0 Å². The summed E-state index contributed by atoms with van der Waals surface area (Å²) in [6, 6.07) is 2.90. The molecule has 1 rings (SSSR count). The third kappa shape index (κ3) is 4.97. The van der Waals surface area contributed by atoms with Crippen molar-refractivity contribution in [3.05, 3.63) is 29.8 Å². The van der Waals surface area contributed by atoms with Gasteiger partial charge in [-0.1, -0.05) is 0 Å². The Kier molecular flexibility index (Phi) is 6.08. The Labute approximate surface area is 123 Å². The number of rotatable bonds is 7. The molecule has 0 aliphatic heterocycles. The van der Waals surface area contributed by atoms with Gasteiger partial charge in [0.2, 0.25) is 0 Å². The molecule has 1 unspecified atom stereocenters. The fraction of sp³-hybridized carbons (Fsp3) is 0.533. The Morgan fingerprint density at radius 3 is 2.62 bits per heavy atom. The smallest absolute Gasteiger partial charge is 0.329 e. The summed E-state index contributed by atoms with van der Waals surface area (Å²) in [5.74, 6) is -2.04. The van der Waals surface area contributed by atoms with Gasteiger partial charge in [-0.3, -0.25) is 5.32 Å². The average Bonchev–Trinajstić information content (AvgIpc) is 2.39. The predicted octanol–water partition coefficient (Wildman–Crippen LogP) is 2.66. The van der Waals surface area contributed by atoms with Crippen LogP contribution in [0.25, 0.3) is 0 Å². The number of halogens is 2. The van der Waals surface area contributed by atoms with Gasteiger partial charge in [-0.15, -0.1) is 0 Å². The topological polar surface area (TPSA) is 47.6 Å².